The first kappa shape index (κ1) is 12.8. The molecule has 0 saturated heterocycles. The molecule has 0 atom stereocenters. The molecular formula is C12H13F2N3S. The molecular weight excluding hydrogens is 256 g/mol. The highest BCUT2D eigenvalue weighted by atomic mass is 32.1. The van der Waals surface area contributed by atoms with Crippen molar-refractivity contribution in [2.75, 3.05) is 24.3 Å². The van der Waals surface area contributed by atoms with E-state index >= 15 is 0 Å². The van der Waals surface area contributed by atoms with Gasteiger partial charge in [-0.1, -0.05) is 6.07 Å². The van der Waals surface area contributed by atoms with Crippen LogP contribution in [0.25, 0.3) is 0 Å². The normalized spacial score (nSPS) is 10.4. The maximum atomic E-state index is 13.7. The van der Waals surface area contributed by atoms with Crippen molar-refractivity contribution < 1.29 is 8.78 Å². The fourth-order valence-corrected chi connectivity index (χ4v) is 2.37. The first-order chi connectivity index (χ1) is 8.61. The summed E-state index contributed by atoms with van der Waals surface area (Å²) >= 11 is 1.58. The van der Waals surface area contributed by atoms with Crippen molar-refractivity contribution in [3.05, 3.63) is 40.1 Å². The predicted molar refractivity (Wildman–Crippen MR) is 70.1 cm³/mol. The largest absolute Gasteiger partial charge is 0.371 e. The summed E-state index contributed by atoms with van der Waals surface area (Å²) in [4.78, 5) is 6.69. The highest BCUT2D eigenvalue weighted by Gasteiger charge is 2.14. The Morgan fingerprint density at radius 1 is 1.39 bits per heavy atom. The summed E-state index contributed by atoms with van der Waals surface area (Å²) in [6.45, 7) is 0.538. The lowest BCUT2D eigenvalue weighted by Gasteiger charge is -2.18. The zero-order valence-corrected chi connectivity index (χ0v) is 10.9. The minimum absolute atomic E-state index is 0.0458. The van der Waals surface area contributed by atoms with Crippen LogP contribution in [0.5, 0.6) is 0 Å². The molecule has 0 aliphatic carbocycles. The van der Waals surface area contributed by atoms with Gasteiger partial charge in [0.2, 0.25) is 0 Å². The third-order valence-corrected chi connectivity index (χ3v) is 3.34. The van der Waals surface area contributed by atoms with Gasteiger partial charge in [0.1, 0.15) is 0 Å². The van der Waals surface area contributed by atoms with Gasteiger partial charge in [0.25, 0.3) is 0 Å². The molecule has 2 aromatic heterocycles. The third kappa shape index (κ3) is 2.59. The molecule has 0 radical (unpaired) electrons. The number of hydrogen-bond donors (Lipinski definition) is 1. The number of nitrogens with one attached hydrogen (secondary N) is 1. The van der Waals surface area contributed by atoms with Crippen LogP contribution in [-0.2, 0) is 6.54 Å². The fourth-order valence-electron chi connectivity index (χ4n) is 1.61. The first-order valence-electron chi connectivity index (χ1n) is 5.39. The van der Waals surface area contributed by atoms with Gasteiger partial charge in [-0.05, 0) is 11.4 Å². The number of halogens is 2. The highest BCUT2D eigenvalue weighted by Crippen LogP contribution is 2.23. The topological polar surface area (TPSA) is 28.2 Å². The van der Waals surface area contributed by atoms with E-state index in [0.29, 0.717) is 6.54 Å². The molecule has 1 N–H and O–H groups in total. The molecule has 96 valence electrons. The number of aromatic nitrogens is 1. The van der Waals surface area contributed by atoms with Crippen LogP contribution in [-0.4, -0.2) is 19.1 Å². The average Bonchev–Trinajstić information content (AvgIpc) is 2.81. The molecule has 3 nitrogen and oxygen atoms in total. The minimum Gasteiger partial charge on any atom is -0.371 e. The van der Waals surface area contributed by atoms with Gasteiger partial charge in [-0.2, -0.15) is 0 Å². The summed E-state index contributed by atoms with van der Waals surface area (Å²) in [5.41, 5.74) is 0. The van der Waals surface area contributed by atoms with Crippen LogP contribution in [0.3, 0.4) is 0 Å². The van der Waals surface area contributed by atoms with Crippen molar-refractivity contribution in [1.29, 1.82) is 0 Å². The van der Waals surface area contributed by atoms with Gasteiger partial charge in [-0.15, -0.1) is 11.3 Å². The van der Waals surface area contributed by atoms with E-state index < -0.39 is 11.6 Å². The Bertz CT molecular complexity index is 528. The lowest BCUT2D eigenvalue weighted by Crippen LogP contribution is -2.19. The molecule has 0 amide bonds. The summed E-state index contributed by atoms with van der Waals surface area (Å²) in [6, 6.07) is 4.74. The van der Waals surface area contributed by atoms with E-state index in [1.165, 1.54) is 0 Å². The molecule has 0 aliphatic heterocycles. The number of hydrogen-bond acceptors (Lipinski definition) is 4. The zero-order valence-electron chi connectivity index (χ0n) is 10.1. The Kier molecular flexibility index (Phi) is 3.76. The van der Waals surface area contributed by atoms with Crippen LogP contribution >= 0.6 is 11.3 Å². The molecule has 0 aliphatic rings. The summed E-state index contributed by atoms with van der Waals surface area (Å²) in [5, 5.41) is 4.55. The molecule has 0 unspecified atom stereocenters. The van der Waals surface area contributed by atoms with Crippen LogP contribution in [0.4, 0.5) is 20.4 Å². The second kappa shape index (κ2) is 5.30. The van der Waals surface area contributed by atoms with Crippen LogP contribution in [0.2, 0.25) is 0 Å². The fraction of sp³-hybridized carbons (Fsp3) is 0.250. The molecule has 0 saturated carbocycles. The SMILES string of the molecule is CNc1nc(N(C)Cc2cccs2)c(F)cc1F. The van der Waals surface area contributed by atoms with E-state index in [-0.39, 0.29) is 11.6 Å². The van der Waals surface area contributed by atoms with Gasteiger partial charge in [0.15, 0.2) is 23.3 Å². The molecule has 2 heterocycles. The van der Waals surface area contributed by atoms with Gasteiger partial charge in [0.05, 0.1) is 6.54 Å². The smallest absolute Gasteiger partial charge is 0.168 e. The van der Waals surface area contributed by atoms with Crippen LogP contribution in [0.15, 0.2) is 23.6 Å². The van der Waals surface area contributed by atoms with Crippen molar-refractivity contribution in [3.8, 4) is 0 Å². The van der Waals surface area contributed by atoms with Gasteiger partial charge in [0, 0.05) is 25.0 Å². The van der Waals surface area contributed by atoms with E-state index in [2.05, 4.69) is 10.3 Å². The molecule has 0 fully saturated rings. The van der Waals surface area contributed by atoms with Crippen LogP contribution in [0, 0.1) is 11.6 Å². The summed E-state index contributed by atoms with van der Waals surface area (Å²) in [5.74, 6) is -1.17. The summed E-state index contributed by atoms with van der Waals surface area (Å²) in [6.07, 6.45) is 0. The minimum atomic E-state index is -0.691. The number of nitrogens with zero attached hydrogens (tertiary/aromatic N) is 2. The standard InChI is InChI=1S/C12H13F2N3S/c1-15-11-9(13)6-10(14)12(16-11)17(2)7-8-4-3-5-18-8/h3-6H,7H2,1-2H3,(H,15,16). The van der Waals surface area contributed by atoms with Crippen molar-refractivity contribution in [3.63, 3.8) is 0 Å². The maximum Gasteiger partial charge on any atom is 0.168 e. The molecule has 2 rings (SSSR count). The Hall–Kier alpha value is -1.69. The third-order valence-electron chi connectivity index (χ3n) is 2.48. The Balaban J connectivity index is 2.26. The lowest BCUT2D eigenvalue weighted by atomic mass is 10.3. The monoisotopic (exact) mass is 269 g/mol. The number of thiophene rings is 1. The Morgan fingerprint density at radius 2 is 2.17 bits per heavy atom. The van der Waals surface area contributed by atoms with Crippen LogP contribution in [0.1, 0.15) is 4.88 Å². The van der Waals surface area contributed by atoms with Crippen molar-refractivity contribution in [1.82, 2.24) is 4.98 Å². The maximum absolute atomic E-state index is 13.7. The number of rotatable bonds is 4. The van der Waals surface area contributed by atoms with Crippen molar-refractivity contribution in [2.45, 2.75) is 6.54 Å². The Morgan fingerprint density at radius 3 is 2.78 bits per heavy atom. The van der Waals surface area contributed by atoms with E-state index in [4.69, 9.17) is 0 Å². The summed E-state index contributed by atoms with van der Waals surface area (Å²) < 4.78 is 27.0. The second-order valence-corrected chi connectivity index (χ2v) is 4.84. The summed E-state index contributed by atoms with van der Waals surface area (Å²) in [7, 11) is 3.27. The zero-order chi connectivity index (χ0) is 13.1. The molecule has 0 bridgehead atoms. The van der Waals surface area contributed by atoms with Crippen molar-refractivity contribution >= 4 is 23.0 Å². The van der Waals surface area contributed by atoms with Crippen molar-refractivity contribution in [2.24, 2.45) is 0 Å². The first-order valence-corrected chi connectivity index (χ1v) is 6.27. The molecule has 2 aromatic rings. The van der Waals surface area contributed by atoms with E-state index in [1.807, 2.05) is 17.5 Å². The van der Waals surface area contributed by atoms with Crippen LogP contribution < -0.4 is 10.2 Å². The van der Waals surface area contributed by atoms with Gasteiger partial charge in [-0.25, -0.2) is 13.8 Å². The van der Waals surface area contributed by atoms with Gasteiger partial charge >= 0.3 is 0 Å². The van der Waals surface area contributed by atoms with Gasteiger partial charge in [-0.3, -0.25) is 0 Å². The lowest BCUT2D eigenvalue weighted by molar-refractivity contribution is 0.573. The van der Waals surface area contributed by atoms with E-state index in [9.17, 15) is 8.78 Å². The van der Waals surface area contributed by atoms with Gasteiger partial charge < -0.3 is 10.2 Å². The highest BCUT2D eigenvalue weighted by molar-refractivity contribution is 7.09. The molecule has 18 heavy (non-hydrogen) atoms. The Labute approximate surface area is 108 Å². The number of pyridine rings is 1. The predicted octanol–water partition coefficient (Wildman–Crippen LogP) is 3.10. The molecule has 0 spiro atoms. The number of anilines is 2. The average molecular weight is 269 g/mol. The van der Waals surface area contributed by atoms with E-state index in [0.717, 1.165) is 10.9 Å². The molecule has 6 heteroatoms. The molecule has 0 aromatic carbocycles. The van der Waals surface area contributed by atoms with E-state index in [1.54, 1.807) is 30.3 Å². The second-order valence-electron chi connectivity index (χ2n) is 3.81. The quantitative estimate of drug-likeness (QED) is 0.924.